The quantitative estimate of drug-likeness (QED) is 0.0165. The molecule has 2 amide bonds. The highest BCUT2D eigenvalue weighted by Gasteiger charge is 2.62. The van der Waals surface area contributed by atoms with E-state index in [-0.39, 0.29) is 46.7 Å². The summed E-state index contributed by atoms with van der Waals surface area (Å²) in [5.74, 6) is -5.65. The van der Waals surface area contributed by atoms with E-state index in [0.29, 0.717) is 33.3 Å². The van der Waals surface area contributed by atoms with Crippen LogP contribution in [0.5, 0.6) is 0 Å². The van der Waals surface area contributed by atoms with Crippen molar-refractivity contribution in [2.24, 2.45) is 40.1 Å². The van der Waals surface area contributed by atoms with Crippen molar-refractivity contribution in [3.05, 3.63) is 94.3 Å². The molecular formula is C67H93Cl5N12O13S2+4. The van der Waals surface area contributed by atoms with Crippen LogP contribution < -0.4 is 20.1 Å². The van der Waals surface area contributed by atoms with Gasteiger partial charge in [0.05, 0.1) is 110 Å². The molecule has 0 saturated carbocycles. The second-order valence-corrected chi connectivity index (χ2v) is 31.7. The number of ether oxygens (including phenoxy) is 1. The Morgan fingerprint density at radius 3 is 1.28 bits per heavy atom. The predicted molar refractivity (Wildman–Crippen MR) is 385 cm³/mol. The van der Waals surface area contributed by atoms with Gasteiger partial charge in [0.25, 0.3) is 20.0 Å². The van der Waals surface area contributed by atoms with Crippen LogP contribution in [-0.4, -0.2) is 264 Å². The number of aliphatic hydroxyl groups is 2. The van der Waals surface area contributed by atoms with E-state index in [1.807, 2.05) is 50.2 Å². The number of aliphatic carboxylic acids is 2. The number of hydrogen-bond acceptors (Lipinski definition) is 14. The number of rotatable bonds is 22. The lowest BCUT2D eigenvalue weighted by Gasteiger charge is -2.55. The number of aliphatic hydroxyl groups excluding tert-OH is 2. The molecule has 8 saturated heterocycles. The molecule has 4 bridgehead atoms. The van der Waals surface area contributed by atoms with Crippen LogP contribution in [0, 0.1) is 29.1 Å². The van der Waals surface area contributed by atoms with Crippen LogP contribution in [0.2, 0.25) is 0 Å². The van der Waals surface area contributed by atoms with E-state index in [4.69, 9.17) is 16.9 Å². The molecule has 12 aliphatic heterocycles. The van der Waals surface area contributed by atoms with E-state index in [9.17, 15) is 56.4 Å². The lowest BCUT2D eigenvalue weighted by molar-refractivity contribution is -1.08. The Labute approximate surface area is 604 Å². The number of quaternary nitrogens is 4. The maximum absolute atomic E-state index is 14.0. The molecule has 16 rings (SSSR count). The summed E-state index contributed by atoms with van der Waals surface area (Å²) < 4.78 is 67.4. The number of aliphatic imine (C=N–C) groups is 1. The average Bonchev–Trinajstić information content (AvgIpc) is 1.57. The van der Waals surface area contributed by atoms with Gasteiger partial charge in [0.15, 0.2) is 6.40 Å². The molecule has 4 aromatic rings. The highest BCUT2D eigenvalue weighted by atomic mass is 36.5. The molecule has 99 heavy (non-hydrogen) atoms. The molecule has 8 atom stereocenters. The number of carboxylic acid groups (broad SMARTS) is 2. The van der Waals surface area contributed by atoms with Crippen LogP contribution in [0.4, 0.5) is 11.4 Å². The number of amides is 2. The van der Waals surface area contributed by atoms with E-state index >= 15 is 0 Å². The van der Waals surface area contributed by atoms with Crippen LogP contribution in [0.15, 0.2) is 98.0 Å². The summed E-state index contributed by atoms with van der Waals surface area (Å²) >= 11 is 0. The number of carboxylic acids is 2. The van der Waals surface area contributed by atoms with Gasteiger partial charge in [-0.05, 0) is 77.7 Å². The molecule has 0 aromatic heterocycles. The van der Waals surface area contributed by atoms with E-state index in [0.717, 1.165) is 115 Å². The number of nitrogens with zero attached hydrogens (tertiary/aromatic N) is 9. The molecule has 12 aliphatic rings. The third-order valence-corrected chi connectivity index (χ3v) is 27.1. The lowest BCUT2D eigenvalue weighted by atomic mass is 9.78. The number of carbonyl (C=O) groups excluding carboxylic acids is 2. The minimum Gasteiger partial charge on any atom is -0.487 e. The topological polar surface area (TPSA) is 328 Å². The molecule has 9 N–H and O–H groups in total. The number of anilines is 2. The maximum atomic E-state index is 14.0. The number of hydrogen-bond donors (Lipinski definition) is 7. The smallest absolute Gasteiger partial charge is 0.352 e. The van der Waals surface area contributed by atoms with Crippen LogP contribution in [0.25, 0.3) is 21.5 Å². The standard InChI is InChI=1S/C33H42N6O6S.C32H42N5O6S.C2H5NO.2Cl2.ClH/c1-21-25(31(33(42)43)37-30(21)28(22(2)40)32(37)41)19-36-26-6-3-5-24-23(7-8-27(29(24)26)46(36,44)45)9-12-39-16-13-38(14-17-39,15-18-39)11-4-10-35-20-34;1-20-24(30(32(40)41)35-29(20)27(21(2)38)31(35)39)19-34-25-6-3-5-23-22(7-8-26(28(23)25)44(34,42)43)9-12-37-16-13-36(14-17-37,15-18-37)11-4-10-33;1-4-2-3;2*1-2;/h3,5-8,20-22,28,30,40H,4,9-19H2,1-2H3,(H-2,34,35,42,43);3,5-8,20-21,27,29,38H,4,9-19,33H2,1-2H3;2-3H,1H3;;;1H/q;+1;;;;/p+3/t21-,22+,28+,30+,38?,39?;20-,21+,27+,29+,36?,37?;;;;/m00..../s1. The van der Waals surface area contributed by atoms with Crippen molar-refractivity contribution in [3.8, 4) is 0 Å². The molecule has 0 unspecified atom stereocenters. The first-order valence-corrected chi connectivity index (χ1v) is 38.7. The Hall–Kier alpha value is -5.63. The maximum Gasteiger partial charge on any atom is 0.352 e. The SMILES string of the molecule is COC=N.C[C@@H](O)[C@H]1C(=O)N2C(C(=O)O)=C(CN3c4cccc5c(CC[N+]67CC[N+](CCCN)(CC6)CC7)ccc(c45)S3(=O)=O)[C@H](C)[C@H]12.C[C@@H](O)[C@H]1C(=O)N2C(C(=O)O)=C(CN3c4cccc5c(CC[N+]67CC[N+](CCCN=CN)(CC6)CC7)ccc(c45)S3(=O)=O)[C@H](C)[C@H]12.Cl.ClCl.ClCl. The van der Waals surface area contributed by atoms with Crippen LogP contribution >= 0.6 is 55.8 Å². The number of piperazine rings is 6. The first-order valence-electron chi connectivity index (χ1n) is 33.5. The average molecular weight is 1520 g/mol. The number of methoxy groups -OCH3 is 1. The van der Waals surface area contributed by atoms with Crippen molar-refractivity contribution in [2.75, 3.05) is 147 Å². The number of carbonyl (C=O) groups is 4. The molecular weight excluding hydrogens is 1420 g/mol. The Kier molecular flexibility index (Phi) is 24.1. The van der Waals surface area contributed by atoms with Gasteiger partial charge in [0, 0.05) is 98.3 Å². The zero-order chi connectivity index (χ0) is 71.2. The van der Waals surface area contributed by atoms with Gasteiger partial charge >= 0.3 is 11.9 Å². The summed E-state index contributed by atoms with van der Waals surface area (Å²) in [6, 6.07) is 17.6. The van der Waals surface area contributed by atoms with Gasteiger partial charge in [-0.1, -0.05) is 50.2 Å². The summed E-state index contributed by atoms with van der Waals surface area (Å²) in [6.07, 6.45) is 4.25. The van der Waals surface area contributed by atoms with Crippen molar-refractivity contribution in [3.63, 3.8) is 0 Å². The molecule has 0 radical (unpaired) electrons. The summed E-state index contributed by atoms with van der Waals surface area (Å²) in [5.41, 5.74) is 15.0. The van der Waals surface area contributed by atoms with E-state index in [2.05, 4.69) is 53.1 Å². The van der Waals surface area contributed by atoms with Crippen LogP contribution in [-0.2, 0) is 56.8 Å². The van der Waals surface area contributed by atoms with Gasteiger partial charge < -0.3 is 64.4 Å². The first-order chi connectivity index (χ1) is 46.8. The zero-order valence-electron chi connectivity index (χ0n) is 56.4. The Bertz CT molecular complexity index is 4060. The second kappa shape index (κ2) is 30.7. The third kappa shape index (κ3) is 13.6. The van der Waals surface area contributed by atoms with Crippen molar-refractivity contribution in [2.45, 2.75) is 87.5 Å². The van der Waals surface area contributed by atoms with Gasteiger partial charge in [-0.15, -0.1) is 12.4 Å². The first kappa shape index (κ1) is 77.5. The van der Waals surface area contributed by atoms with Gasteiger partial charge in [0.2, 0.25) is 11.8 Å². The summed E-state index contributed by atoms with van der Waals surface area (Å²) in [7, 11) is 9.96. The fourth-order valence-corrected chi connectivity index (χ4v) is 21.2. The Balaban J connectivity index is 0.000000208. The van der Waals surface area contributed by atoms with Crippen LogP contribution in [0.3, 0.4) is 0 Å². The number of benzene rings is 4. The highest BCUT2D eigenvalue weighted by Crippen LogP contribution is 2.52. The number of β-lactam (4-membered cyclic amide) rings is 2. The minimum atomic E-state index is -3.97. The van der Waals surface area contributed by atoms with Gasteiger partial charge in [-0.2, -0.15) is 0 Å². The molecule has 542 valence electrons. The fourth-order valence-electron chi connectivity index (χ4n) is 17.9. The van der Waals surface area contributed by atoms with E-state index in [1.165, 1.54) is 120 Å². The molecule has 8 fully saturated rings. The number of nitrogens with two attached hydrogens (primary N) is 2. The number of fused-ring (bicyclic) bond motifs is 8. The summed E-state index contributed by atoms with van der Waals surface area (Å²) in [6.45, 7) is 26.3. The van der Waals surface area contributed by atoms with Gasteiger partial charge in [-0.25, -0.2) is 26.4 Å². The number of nitrogens with one attached hydrogen (secondary N) is 1. The minimum absolute atomic E-state index is 0. The summed E-state index contributed by atoms with van der Waals surface area (Å²) in [4.78, 5) is 57.6. The van der Waals surface area contributed by atoms with Crippen molar-refractivity contribution >= 4 is 145 Å². The molecule has 4 aromatic carbocycles. The Morgan fingerprint density at radius 2 is 0.970 bits per heavy atom. The second-order valence-electron chi connectivity index (χ2n) is 28.1. The monoisotopic (exact) mass is 1510 g/mol. The molecule has 25 nitrogen and oxygen atoms in total. The highest BCUT2D eigenvalue weighted by molar-refractivity contribution is 7.93. The molecule has 0 aliphatic carbocycles. The van der Waals surface area contributed by atoms with Crippen LogP contribution in [0.1, 0.15) is 51.7 Å². The molecule has 0 spiro atoms. The Morgan fingerprint density at radius 1 is 0.626 bits per heavy atom. The summed E-state index contributed by atoms with van der Waals surface area (Å²) in [5, 5.41) is 50.0. The fraction of sp³-hybridized carbons (Fsp3) is 0.552. The van der Waals surface area contributed by atoms with Gasteiger partial charge in [-0.3, -0.25) is 28.6 Å². The van der Waals surface area contributed by atoms with Crippen molar-refractivity contribution in [1.29, 1.82) is 5.41 Å². The zero-order valence-corrected chi connectivity index (χ0v) is 61.9. The molecule has 12 heterocycles. The third-order valence-electron chi connectivity index (χ3n) is 23.5. The lowest BCUT2D eigenvalue weighted by Crippen LogP contribution is -2.75. The largest absolute Gasteiger partial charge is 0.487 e. The molecule has 32 heteroatoms. The number of halogens is 5. The predicted octanol–water partition coefficient (Wildman–Crippen LogP) is 5.64. The van der Waals surface area contributed by atoms with Gasteiger partial charge in [0.1, 0.15) is 89.9 Å². The van der Waals surface area contributed by atoms with Crippen molar-refractivity contribution < 1.29 is 79.1 Å². The van der Waals surface area contributed by atoms with E-state index < -0.39 is 91.8 Å². The normalized spacial score (nSPS) is 29.4. The number of sulfonamides is 2. The van der Waals surface area contributed by atoms with E-state index in [1.54, 1.807) is 24.3 Å². The van der Waals surface area contributed by atoms with Crippen molar-refractivity contribution in [1.82, 2.24) is 9.80 Å².